The van der Waals surface area contributed by atoms with Gasteiger partial charge in [0.05, 0.1) is 16.2 Å². The fourth-order valence-corrected chi connectivity index (χ4v) is 1.64. The van der Waals surface area contributed by atoms with Crippen molar-refractivity contribution < 1.29 is 19.6 Å². The summed E-state index contributed by atoms with van der Waals surface area (Å²) in [5.74, 6) is -1.92. The number of nitrogens with two attached hydrogens (primary N) is 1. The maximum atomic E-state index is 11.3. The van der Waals surface area contributed by atoms with Gasteiger partial charge in [-0.25, -0.2) is 0 Å². The Morgan fingerprint density at radius 3 is 2.53 bits per heavy atom. The summed E-state index contributed by atoms with van der Waals surface area (Å²) in [5, 5.41) is 19.4. The zero-order valence-electron chi connectivity index (χ0n) is 10.2. The standard InChI is InChI=1S/C11H13N3O5/c1-2-13(6-10(15)16)9-4-3-7(14(18)19)5-8(9)11(12)17/h3-5H,2,6H2,1H3,(H2,12,17)(H,15,16). The molecule has 0 saturated carbocycles. The van der Waals surface area contributed by atoms with Gasteiger partial charge in [-0.05, 0) is 13.0 Å². The molecule has 0 aliphatic heterocycles. The summed E-state index contributed by atoms with van der Waals surface area (Å²) < 4.78 is 0. The number of benzene rings is 1. The number of carbonyl (C=O) groups is 2. The number of nitro benzene ring substituents is 1. The second-order valence-electron chi connectivity index (χ2n) is 3.73. The van der Waals surface area contributed by atoms with Gasteiger partial charge in [0.15, 0.2) is 0 Å². The molecule has 0 radical (unpaired) electrons. The van der Waals surface area contributed by atoms with Crippen molar-refractivity contribution in [1.82, 2.24) is 0 Å². The first kappa shape index (κ1) is 14.4. The van der Waals surface area contributed by atoms with E-state index in [0.29, 0.717) is 6.54 Å². The van der Waals surface area contributed by atoms with Crippen LogP contribution in [0.25, 0.3) is 0 Å². The molecule has 0 fully saturated rings. The van der Waals surface area contributed by atoms with Crippen LogP contribution < -0.4 is 10.6 Å². The SMILES string of the molecule is CCN(CC(=O)O)c1ccc([N+](=O)[O-])cc1C(N)=O. The van der Waals surface area contributed by atoms with Gasteiger partial charge in [-0.15, -0.1) is 0 Å². The van der Waals surface area contributed by atoms with Crippen molar-refractivity contribution in [2.24, 2.45) is 5.73 Å². The third-order valence-corrected chi connectivity index (χ3v) is 2.50. The van der Waals surface area contributed by atoms with Crippen molar-refractivity contribution >= 4 is 23.3 Å². The molecule has 8 nitrogen and oxygen atoms in total. The molecule has 102 valence electrons. The molecule has 8 heteroatoms. The van der Waals surface area contributed by atoms with Crippen LogP contribution >= 0.6 is 0 Å². The van der Waals surface area contributed by atoms with Crippen LogP contribution in [-0.2, 0) is 4.79 Å². The number of hydrogen-bond acceptors (Lipinski definition) is 5. The van der Waals surface area contributed by atoms with Gasteiger partial charge in [-0.1, -0.05) is 0 Å². The number of hydrogen-bond donors (Lipinski definition) is 2. The van der Waals surface area contributed by atoms with E-state index in [1.165, 1.54) is 17.0 Å². The van der Waals surface area contributed by atoms with Crippen molar-refractivity contribution in [2.75, 3.05) is 18.0 Å². The monoisotopic (exact) mass is 267 g/mol. The van der Waals surface area contributed by atoms with Crippen LogP contribution in [-0.4, -0.2) is 35.0 Å². The molecule has 19 heavy (non-hydrogen) atoms. The molecule has 1 rings (SSSR count). The summed E-state index contributed by atoms with van der Waals surface area (Å²) in [5.41, 5.74) is 5.09. The van der Waals surface area contributed by atoms with Gasteiger partial charge in [-0.3, -0.25) is 19.7 Å². The summed E-state index contributed by atoms with van der Waals surface area (Å²) in [6, 6.07) is 3.57. The van der Waals surface area contributed by atoms with E-state index < -0.39 is 16.8 Å². The van der Waals surface area contributed by atoms with Gasteiger partial charge in [0.1, 0.15) is 6.54 Å². The minimum absolute atomic E-state index is 0.0719. The van der Waals surface area contributed by atoms with Crippen LogP contribution in [0.5, 0.6) is 0 Å². The number of likely N-dealkylation sites (N-methyl/N-ethyl adjacent to an activating group) is 1. The molecular formula is C11H13N3O5. The van der Waals surface area contributed by atoms with Crippen molar-refractivity contribution in [3.05, 3.63) is 33.9 Å². The number of non-ortho nitro benzene ring substituents is 1. The molecule has 1 aromatic rings. The molecule has 0 unspecified atom stereocenters. The van der Waals surface area contributed by atoms with E-state index in [4.69, 9.17) is 10.8 Å². The van der Waals surface area contributed by atoms with E-state index in [9.17, 15) is 19.7 Å². The Kier molecular flexibility index (Phi) is 4.41. The lowest BCUT2D eigenvalue weighted by Gasteiger charge is -2.22. The number of aliphatic carboxylic acids is 1. The lowest BCUT2D eigenvalue weighted by atomic mass is 10.1. The maximum absolute atomic E-state index is 11.3. The smallest absolute Gasteiger partial charge is 0.323 e. The number of rotatable bonds is 6. The summed E-state index contributed by atoms with van der Waals surface area (Å²) >= 11 is 0. The maximum Gasteiger partial charge on any atom is 0.323 e. The molecule has 0 spiro atoms. The molecule has 0 aliphatic carbocycles. The number of nitro groups is 1. The molecule has 0 aliphatic rings. The number of amides is 1. The number of carbonyl (C=O) groups excluding carboxylic acids is 1. The van der Waals surface area contributed by atoms with Crippen LogP contribution in [0.4, 0.5) is 11.4 Å². The molecular weight excluding hydrogens is 254 g/mol. The highest BCUT2D eigenvalue weighted by Crippen LogP contribution is 2.25. The molecule has 0 heterocycles. The Balaban J connectivity index is 3.29. The van der Waals surface area contributed by atoms with Crippen LogP contribution in [0, 0.1) is 10.1 Å². The summed E-state index contributed by atoms with van der Waals surface area (Å²) in [7, 11) is 0. The number of anilines is 1. The van der Waals surface area contributed by atoms with E-state index >= 15 is 0 Å². The fraction of sp³-hybridized carbons (Fsp3) is 0.273. The molecule has 1 amide bonds. The third kappa shape index (κ3) is 3.41. The number of carboxylic acid groups (broad SMARTS) is 1. The lowest BCUT2D eigenvalue weighted by Crippen LogP contribution is -2.31. The van der Waals surface area contributed by atoms with Crippen LogP contribution in [0.3, 0.4) is 0 Å². The Morgan fingerprint density at radius 2 is 2.11 bits per heavy atom. The normalized spacial score (nSPS) is 9.95. The minimum atomic E-state index is -1.07. The molecule has 0 aromatic heterocycles. The first-order valence-corrected chi connectivity index (χ1v) is 5.41. The zero-order chi connectivity index (χ0) is 14.6. The number of primary amides is 1. The topological polar surface area (TPSA) is 127 Å². The minimum Gasteiger partial charge on any atom is -0.480 e. The lowest BCUT2D eigenvalue weighted by molar-refractivity contribution is -0.384. The second kappa shape index (κ2) is 5.80. The summed E-state index contributed by atoms with van der Waals surface area (Å²) in [4.78, 5) is 33.5. The van der Waals surface area contributed by atoms with Gasteiger partial charge in [0, 0.05) is 18.7 Å². The van der Waals surface area contributed by atoms with Crippen molar-refractivity contribution in [2.45, 2.75) is 6.92 Å². The second-order valence-corrected chi connectivity index (χ2v) is 3.73. The van der Waals surface area contributed by atoms with Crippen molar-refractivity contribution in [3.63, 3.8) is 0 Å². The van der Waals surface area contributed by atoms with Gasteiger partial charge in [-0.2, -0.15) is 0 Å². The number of carboxylic acids is 1. The highest BCUT2D eigenvalue weighted by Gasteiger charge is 2.19. The summed E-state index contributed by atoms with van der Waals surface area (Å²) in [6.45, 7) is 1.70. The van der Waals surface area contributed by atoms with Crippen molar-refractivity contribution in [3.8, 4) is 0 Å². The fourth-order valence-electron chi connectivity index (χ4n) is 1.64. The number of nitrogens with zero attached hydrogens (tertiary/aromatic N) is 2. The van der Waals surface area contributed by atoms with E-state index in [-0.39, 0.29) is 23.5 Å². The third-order valence-electron chi connectivity index (χ3n) is 2.50. The highest BCUT2D eigenvalue weighted by molar-refractivity contribution is 5.99. The van der Waals surface area contributed by atoms with E-state index in [2.05, 4.69) is 0 Å². The van der Waals surface area contributed by atoms with Crippen LogP contribution in [0.2, 0.25) is 0 Å². The molecule has 0 atom stereocenters. The molecule has 1 aromatic carbocycles. The predicted molar refractivity (Wildman–Crippen MR) is 67.1 cm³/mol. The molecule has 0 bridgehead atoms. The average Bonchev–Trinajstić information content (AvgIpc) is 2.34. The molecule has 3 N–H and O–H groups in total. The zero-order valence-corrected chi connectivity index (χ0v) is 10.2. The average molecular weight is 267 g/mol. The van der Waals surface area contributed by atoms with Crippen LogP contribution in [0.1, 0.15) is 17.3 Å². The largest absolute Gasteiger partial charge is 0.480 e. The van der Waals surface area contributed by atoms with Gasteiger partial charge in [0.2, 0.25) is 0 Å². The van der Waals surface area contributed by atoms with E-state index in [1.54, 1.807) is 6.92 Å². The highest BCUT2D eigenvalue weighted by atomic mass is 16.6. The Morgan fingerprint density at radius 1 is 1.47 bits per heavy atom. The first-order chi connectivity index (χ1) is 8.86. The van der Waals surface area contributed by atoms with E-state index in [0.717, 1.165) is 6.07 Å². The van der Waals surface area contributed by atoms with E-state index in [1.807, 2.05) is 0 Å². The van der Waals surface area contributed by atoms with Gasteiger partial charge < -0.3 is 15.7 Å². The quantitative estimate of drug-likeness (QED) is 0.574. The summed E-state index contributed by atoms with van der Waals surface area (Å²) in [6.07, 6.45) is 0. The first-order valence-electron chi connectivity index (χ1n) is 5.41. The Labute approximate surface area is 108 Å². The van der Waals surface area contributed by atoms with Crippen molar-refractivity contribution in [1.29, 1.82) is 0 Å². The Hall–Kier alpha value is -2.64. The molecule has 0 saturated heterocycles. The van der Waals surface area contributed by atoms with Crippen LogP contribution in [0.15, 0.2) is 18.2 Å². The van der Waals surface area contributed by atoms with Gasteiger partial charge in [0.25, 0.3) is 11.6 Å². The van der Waals surface area contributed by atoms with Gasteiger partial charge >= 0.3 is 5.97 Å². The predicted octanol–water partition coefficient (Wildman–Crippen LogP) is 0.605. The Bertz CT molecular complexity index is 529.